The standard InChI is InChI=1S/C15H27N5O7/c16-6-2-1-3-9(14(26)18-8-13(24)25)20-15(27)10(4-5-12(22)23)19-11(21)7-17/h9-10H,1-8,16-17H2,(H,18,26)(H,19,21)(H,20,27)(H,22,23)(H,24,25)/t9-,10-/m0/s1. The number of hydrogen-bond donors (Lipinski definition) is 7. The quantitative estimate of drug-likeness (QED) is 0.152. The van der Waals surface area contributed by atoms with Crippen molar-refractivity contribution in [2.75, 3.05) is 19.6 Å². The molecule has 0 bridgehead atoms. The molecular formula is C15H27N5O7. The van der Waals surface area contributed by atoms with Gasteiger partial charge in [0.15, 0.2) is 0 Å². The molecule has 0 saturated heterocycles. The number of unbranched alkanes of at least 4 members (excludes halogenated alkanes) is 1. The van der Waals surface area contributed by atoms with Gasteiger partial charge in [-0.15, -0.1) is 0 Å². The highest BCUT2D eigenvalue weighted by Gasteiger charge is 2.27. The van der Waals surface area contributed by atoms with Crippen molar-refractivity contribution in [1.82, 2.24) is 16.0 Å². The Kier molecular flexibility index (Phi) is 12.1. The lowest BCUT2D eigenvalue weighted by Gasteiger charge is -2.22. The van der Waals surface area contributed by atoms with E-state index in [9.17, 15) is 24.0 Å². The minimum Gasteiger partial charge on any atom is -0.481 e. The molecule has 154 valence electrons. The maximum absolute atomic E-state index is 12.4. The van der Waals surface area contributed by atoms with Crippen LogP contribution in [0.5, 0.6) is 0 Å². The van der Waals surface area contributed by atoms with Crippen molar-refractivity contribution in [2.45, 2.75) is 44.2 Å². The number of carboxylic acid groups (broad SMARTS) is 2. The lowest BCUT2D eigenvalue weighted by molar-refractivity contribution is -0.138. The Hall–Kier alpha value is -2.73. The predicted octanol–water partition coefficient (Wildman–Crippen LogP) is -2.89. The summed E-state index contributed by atoms with van der Waals surface area (Å²) in [7, 11) is 0. The van der Waals surface area contributed by atoms with E-state index in [1.807, 2.05) is 0 Å². The van der Waals surface area contributed by atoms with Gasteiger partial charge in [-0.25, -0.2) is 0 Å². The summed E-state index contributed by atoms with van der Waals surface area (Å²) < 4.78 is 0. The van der Waals surface area contributed by atoms with Gasteiger partial charge in [-0.2, -0.15) is 0 Å². The number of nitrogens with two attached hydrogens (primary N) is 2. The lowest BCUT2D eigenvalue weighted by Crippen LogP contribution is -2.54. The number of amides is 3. The third-order valence-corrected chi connectivity index (χ3v) is 3.48. The Morgan fingerprint density at radius 2 is 1.44 bits per heavy atom. The smallest absolute Gasteiger partial charge is 0.322 e. The molecule has 0 aromatic heterocycles. The largest absolute Gasteiger partial charge is 0.481 e. The van der Waals surface area contributed by atoms with Gasteiger partial charge in [0.05, 0.1) is 6.54 Å². The van der Waals surface area contributed by atoms with E-state index in [-0.39, 0.29) is 19.3 Å². The molecule has 12 heteroatoms. The van der Waals surface area contributed by atoms with E-state index in [2.05, 4.69) is 16.0 Å². The molecule has 12 nitrogen and oxygen atoms in total. The summed E-state index contributed by atoms with van der Waals surface area (Å²) in [5.41, 5.74) is 10.6. The fourth-order valence-electron chi connectivity index (χ4n) is 2.11. The van der Waals surface area contributed by atoms with Crippen molar-refractivity contribution in [2.24, 2.45) is 11.5 Å². The van der Waals surface area contributed by atoms with Crippen LogP contribution in [0.1, 0.15) is 32.1 Å². The summed E-state index contributed by atoms with van der Waals surface area (Å²) in [5, 5.41) is 24.3. The van der Waals surface area contributed by atoms with Crippen molar-refractivity contribution >= 4 is 29.7 Å². The van der Waals surface area contributed by atoms with Crippen LogP contribution in [-0.4, -0.2) is 71.6 Å². The molecule has 0 aliphatic rings. The molecule has 0 unspecified atom stereocenters. The first-order valence-corrected chi connectivity index (χ1v) is 8.42. The molecule has 0 aromatic carbocycles. The van der Waals surface area contributed by atoms with Crippen LogP contribution in [-0.2, 0) is 24.0 Å². The van der Waals surface area contributed by atoms with E-state index in [4.69, 9.17) is 21.7 Å². The van der Waals surface area contributed by atoms with Gasteiger partial charge < -0.3 is 37.6 Å². The average molecular weight is 389 g/mol. The summed E-state index contributed by atoms with van der Waals surface area (Å²) in [6.07, 6.45) is 0.706. The minimum absolute atomic E-state index is 0.195. The lowest BCUT2D eigenvalue weighted by atomic mass is 10.1. The van der Waals surface area contributed by atoms with Crippen molar-refractivity contribution in [3.63, 3.8) is 0 Å². The van der Waals surface area contributed by atoms with E-state index in [1.165, 1.54) is 0 Å². The second-order valence-corrected chi connectivity index (χ2v) is 5.71. The molecule has 3 amide bonds. The van der Waals surface area contributed by atoms with Crippen LogP contribution < -0.4 is 27.4 Å². The SMILES string of the molecule is NCCCC[C@H](NC(=O)[C@H](CCC(=O)O)NC(=O)CN)C(=O)NCC(=O)O. The highest BCUT2D eigenvalue weighted by molar-refractivity contribution is 5.93. The Balaban J connectivity index is 5.06. The summed E-state index contributed by atoms with van der Waals surface area (Å²) in [6.45, 7) is -0.629. The Labute approximate surface area is 156 Å². The molecule has 0 fully saturated rings. The van der Waals surface area contributed by atoms with Gasteiger partial charge in [0.2, 0.25) is 17.7 Å². The van der Waals surface area contributed by atoms with Crippen LogP contribution >= 0.6 is 0 Å². The average Bonchev–Trinajstić information content (AvgIpc) is 2.61. The molecule has 0 saturated carbocycles. The van der Waals surface area contributed by atoms with Crippen molar-refractivity contribution in [3.05, 3.63) is 0 Å². The molecule has 0 rings (SSSR count). The molecular weight excluding hydrogens is 362 g/mol. The van der Waals surface area contributed by atoms with Crippen molar-refractivity contribution < 1.29 is 34.2 Å². The molecule has 27 heavy (non-hydrogen) atoms. The second kappa shape index (κ2) is 13.5. The number of aliphatic carboxylic acids is 2. The number of carboxylic acids is 2. The Morgan fingerprint density at radius 1 is 0.815 bits per heavy atom. The second-order valence-electron chi connectivity index (χ2n) is 5.71. The normalized spacial score (nSPS) is 12.5. The first-order valence-electron chi connectivity index (χ1n) is 8.42. The van der Waals surface area contributed by atoms with E-state index in [0.29, 0.717) is 19.4 Å². The summed E-state index contributed by atoms with van der Waals surface area (Å²) in [6, 6.07) is -2.24. The van der Waals surface area contributed by atoms with Crippen LogP contribution in [0.25, 0.3) is 0 Å². The van der Waals surface area contributed by atoms with Crippen LogP contribution in [0, 0.1) is 0 Å². The van der Waals surface area contributed by atoms with Gasteiger partial charge in [-0.05, 0) is 32.2 Å². The number of nitrogens with one attached hydrogen (secondary N) is 3. The zero-order valence-electron chi connectivity index (χ0n) is 14.9. The van der Waals surface area contributed by atoms with Crippen molar-refractivity contribution in [1.29, 1.82) is 0 Å². The first-order chi connectivity index (χ1) is 12.7. The summed E-state index contributed by atoms with van der Waals surface area (Å²) in [4.78, 5) is 57.3. The topological polar surface area (TPSA) is 214 Å². The number of hydrogen-bond acceptors (Lipinski definition) is 7. The Bertz CT molecular complexity index is 541. The summed E-state index contributed by atoms with van der Waals surface area (Å²) in [5.74, 6) is -4.53. The van der Waals surface area contributed by atoms with E-state index < -0.39 is 54.8 Å². The molecule has 2 atom stereocenters. The Morgan fingerprint density at radius 3 is 1.96 bits per heavy atom. The molecule has 0 aromatic rings. The van der Waals surface area contributed by atoms with Crippen LogP contribution in [0.2, 0.25) is 0 Å². The summed E-state index contributed by atoms with van der Waals surface area (Å²) >= 11 is 0. The molecule has 0 aliphatic carbocycles. The third-order valence-electron chi connectivity index (χ3n) is 3.48. The zero-order chi connectivity index (χ0) is 20.8. The van der Waals surface area contributed by atoms with Gasteiger partial charge in [0, 0.05) is 6.42 Å². The maximum Gasteiger partial charge on any atom is 0.322 e. The van der Waals surface area contributed by atoms with Crippen molar-refractivity contribution in [3.8, 4) is 0 Å². The van der Waals surface area contributed by atoms with E-state index in [1.54, 1.807) is 0 Å². The third kappa shape index (κ3) is 11.5. The monoisotopic (exact) mass is 389 g/mol. The molecule has 9 N–H and O–H groups in total. The highest BCUT2D eigenvalue weighted by Crippen LogP contribution is 2.04. The molecule has 0 aliphatic heterocycles. The van der Waals surface area contributed by atoms with Gasteiger partial charge >= 0.3 is 11.9 Å². The van der Waals surface area contributed by atoms with Crippen LogP contribution in [0.15, 0.2) is 0 Å². The fraction of sp³-hybridized carbons (Fsp3) is 0.667. The molecule has 0 heterocycles. The first kappa shape index (κ1) is 24.3. The van der Waals surface area contributed by atoms with Crippen LogP contribution in [0.4, 0.5) is 0 Å². The van der Waals surface area contributed by atoms with Gasteiger partial charge in [-0.1, -0.05) is 0 Å². The molecule has 0 spiro atoms. The van der Waals surface area contributed by atoms with Gasteiger partial charge in [0.25, 0.3) is 0 Å². The molecule has 0 radical (unpaired) electrons. The van der Waals surface area contributed by atoms with Gasteiger partial charge in [0.1, 0.15) is 18.6 Å². The highest BCUT2D eigenvalue weighted by atomic mass is 16.4. The zero-order valence-corrected chi connectivity index (χ0v) is 14.9. The number of rotatable bonds is 14. The van der Waals surface area contributed by atoms with E-state index in [0.717, 1.165) is 0 Å². The number of carbonyl (C=O) groups excluding carboxylic acids is 3. The fourth-order valence-corrected chi connectivity index (χ4v) is 2.11. The predicted molar refractivity (Wildman–Crippen MR) is 93.3 cm³/mol. The maximum atomic E-state index is 12.4. The number of carbonyl (C=O) groups is 5. The van der Waals surface area contributed by atoms with Gasteiger partial charge in [-0.3, -0.25) is 24.0 Å². The van der Waals surface area contributed by atoms with Crippen LogP contribution in [0.3, 0.4) is 0 Å². The van der Waals surface area contributed by atoms with E-state index >= 15 is 0 Å². The minimum atomic E-state index is -1.25.